The summed E-state index contributed by atoms with van der Waals surface area (Å²) in [6, 6.07) is 67.6. The van der Waals surface area contributed by atoms with E-state index < -0.39 is 0 Å². The molecule has 0 radical (unpaired) electrons. The fourth-order valence-electron chi connectivity index (χ4n) is 7.32. The maximum Gasteiger partial charge on any atom is 0.227 e. The minimum atomic E-state index is 0.596. The quantitative estimate of drug-likeness (QED) is 0.168. The zero-order valence-corrected chi connectivity index (χ0v) is 28.7. The molecular formula is C49H32N2O2. The highest BCUT2D eigenvalue weighted by Crippen LogP contribution is 2.44. The lowest BCUT2D eigenvalue weighted by molar-refractivity contribution is 0.622. The number of nitrogens with zero attached hydrogens (tertiary/aromatic N) is 2. The molecule has 10 aromatic rings. The molecule has 0 spiro atoms. The fourth-order valence-corrected chi connectivity index (χ4v) is 7.32. The Labute approximate surface area is 306 Å². The van der Waals surface area contributed by atoms with Gasteiger partial charge in [-0.15, -0.1) is 0 Å². The van der Waals surface area contributed by atoms with Gasteiger partial charge in [0, 0.05) is 34.0 Å². The van der Waals surface area contributed by atoms with Crippen LogP contribution in [-0.4, -0.2) is 4.98 Å². The molecule has 0 fully saturated rings. The van der Waals surface area contributed by atoms with E-state index >= 15 is 0 Å². The van der Waals surface area contributed by atoms with E-state index in [9.17, 15) is 0 Å². The van der Waals surface area contributed by atoms with Gasteiger partial charge < -0.3 is 13.7 Å². The summed E-state index contributed by atoms with van der Waals surface area (Å²) in [5.41, 5.74) is 14.1. The third-order valence-electron chi connectivity index (χ3n) is 9.93. The summed E-state index contributed by atoms with van der Waals surface area (Å²) >= 11 is 0. The number of aromatic nitrogens is 1. The van der Waals surface area contributed by atoms with E-state index in [-0.39, 0.29) is 0 Å². The number of furan rings is 1. The SMILES string of the molecule is c1ccc(-c2ccc(-c3ccc(N(c4ccc5c(c4)oc4ccc6nc(-c7ccccc7)oc6c45)c4ccccc4-c4ccccc4)cc3)cc2)cc1. The van der Waals surface area contributed by atoms with Crippen molar-refractivity contribution in [1.29, 1.82) is 0 Å². The first kappa shape index (κ1) is 30.6. The molecule has 0 aliphatic heterocycles. The maximum absolute atomic E-state index is 6.56. The number of oxazole rings is 1. The van der Waals surface area contributed by atoms with Crippen LogP contribution in [0.5, 0.6) is 0 Å². The molecule has 4 nitrogen and oxygen atoms in total. The van der Waals surface area contributed by atoms with E-state index in [4.69, 9.17) is 13.8 Å². The molecule has 0 atom stereocenters. The highest BCUT2D eigenvalue weighted by molar-refractivity contribution is 6.17. The van der Waals surface area contributed by atoms with Gasteiger partial charge in [-0.1, -0.05) is 133 Å². The van der Waals surface area contributed by atoms with Crippen molar-refractivity contribution in [3.05, 3.63) is 194 Å². The molecule has 0 saturated carbocycles. The van der Waals surface area contributed by atoms with Crippen LogP contribution in [0.2, 0.25) is 0 Å². The molecule has 10 rings (SSSR count). The van der Waals surface area contributed by atoms with Crippen LogP contribution < -0.4 is 4.90 Å². The Morgan fingerprint density at radius 2 is 0.943 bits per heavy atom. The average molecular weight is 681 g/mol. The molecule has 250 valence electrons. The summed E-state index contributed by atoms with van der Waals surface area (Å²) in [5.74, 6) is 0.596. The van der Waals surface area contributed by atoms with E-state index in [1.54, 1.807) is 0 Å². The van der Waals surface area contributed by atoms with Crippen LogP contribution in [0.4, 0.5) is 17.1 Å². The lowest BCUT2D eigenvalue weighted by Crippen LogP contribution is -2.11. The second-order valence-corrected chi connectivity index (χ2v) is 13.2. The number of benzene rings is 8. The van der Waals surface area contributed by atoms with Gasteiger partial charge in [-0.2, -0.15) is 0 Å². The molecule has 2 heterocycles. The number of hydrogen-bond donors (Lipinski definition) is 0. The van der Waals surface area contributed by atoms with Gasteiger partial charge in [-0.05, 0) is 82.4 Å². The number of fused-ring (bicyclic) bond motifs is 5. The van der Waals surface area contributed by atoms with E-state index in [0.717, 1.165) is 72.4 Å². The monoisotopic (exact) mass is 680 g/mol. The molecule has 53 heavy (non-hydrogen) atoms. The van der Waals surface area contributed by atoms with Crippen molar-refractivity contribution in [2.75, 3.05) is 4.90 Å². The predicted octanol–water partition coefficient (Wildman–Crippen LogP) is 13.9. The number of para-hydroxylation sites is 1. The van der Waals surface area contributed by atoms with E-state index in [1.165, 1.54) is 16.7 Å². The second kappa shape index (κ2) is 12.9. The van der Waals surface area contributed by atoms with Crippen molar-refractivity contribution in [3.63, 3.8) is 0 Å². The van der Waals surface area contributed by atoms with Crippen molar-refractivity contribution >= 4 is 50.1 Å². The Hall–Kier alpha value is -7.17. The molecular weight excluding hydrogens is 649 g/mol. The fraction of sp³-hybridized carbons (Fsp3) is 0. The maximum atomic E-state index is 6.56. The van der Waals surface area contributed by atoms with Crippen LogP contribution in [-0.2, 0) is 0 Å². The third kappa shape index (κ3) is 5.54. The Balaban J connectivity index is 1.09. The number of hydrogen-bond acceptors (Lipinski definition) is 4. The first-order valence-corrected chi connectivity index (χ1v) is 17.8. The molecule has 0 aliphatic carbocycles. The Morgan fingerprint density at radius 1 is 0.396 bits per heavy atom. The van der Waals surface area contributed by atoms with Gasteiger partial charge in [-0.25, -0.2) is 4.98 Å². The highest BCUT2D eigenvalue weighted by atomic mass is 16.4. The first-order chi connectivity index (χ1) is 26.3. The molecule has 0 unspecified atom stereocenters. The summed E-state index contributed by atoms with van der Waals surface area (Å²) in [7, 11) is 0. The summed E-state index contributed by atoms with van der Waals surface area (Å²) in [6.45, 7) is 0. The van der Waals surface area contributed by atoms with Crippen molar-refractivity contribution in [3.8, 4) is 44.8 Å². The van der Waals surface area contributed by atoms with Gasteiger partial charge in [0.05, 0.1) is 11.1 Å². The summed E-state index contributed by atoms with van der Waals surface area (Å²) in [5, 5.41) is 1.91. The summed E-state index contributed by atoms with van der Waals surface area (Å²) in [4.78, 5) is 7.13. The Morgan fingerprint density at radius 3 is 1.62 bits per heavy atom. The Kier molecular flexibility index (Phi) is 7.43. The molecule has 0 bridgehead atoms. The predicted molar refractivity (Wildman–Crippen MR) is 218 cm³/mol. The first-order valence-electron chi connectivity index (χ1n) is 17.8. The number of rotatable bonds is 7. The summed E-state index contributed by atoms with van der Waals surface area (Å²) in [6.07, 6.45) is 0. The van der Waals surface area contributed by atoms with Gasteiger partial charge in [-0.3, -0.25) is 0 Å². The zero-order chi connectivity index (χ0) is 35.1. The van der Waals surface area contributed by atoms with Gasteiger partial charge in [0.15, 0.2) is 5.58 Å². The molecule has 0 N–H and O–H groups in total. The number of anilines is 3. The van der Waals surface area contributed by atoms with Gasteiger partial charge >= 0.3 is 0 Å². The van der Waals surface area contributed by atoms with Crippen molar-refractivity contribution < 1.29 is 8.83 Å². The minimum Gasteiger partial charge on any atom is -0.456 e. The topological polar surface area (TPSA) is 42.4 Å². The lowest BCUT2D eigenvalue weighted by Gasteiger charge is -2.28. The molecule has 8 aromatic carbocycles. The molecule has 0 amide bonds. The van der Waals surface area contributed by atoms with Gasteiger partial charge in [0.2, 0.25) is 5.89 Å². The molecule has 0 aliphatic rings. The summed E-state index contributed by atoms with van der Waals surface area (Å²) < 4.78 is 13.0. The van der Waals surface area contributed by atoms with Gasteiger partial charge in [0.1, 0.15) is 16.7 Å². The van der Waals surface area contributed by atoms with Crippen LogP contribution in [0.3, 0.4) is 0 Å². The largest absolute Gasteiger partial charge is 0.456 e. The van der Waals surface area contributed by atoms with Crippen LogP contribution in [0.25, 0.3) is 77.9 Å². The Bertz CT molecular complexity index is 2860. The minimum absolute atomic E-state index is 0.596. The molecule has 4 heteroatoms. The third-order valence-corrected chi connectivity index (χ3v) is 9.93. The van der Waals surface area contributed by atoms with Crippen LogP contribution >= 0.6 is 0 Å². The van der Waals surface area contributed by atoms with Crippen molar-refractivity contribution in [2.45, 2.75) is 0 Å². The molecule has 0 saturated heterocycles. The zero-order valence-electron chi connectivity index (χ0n) is 28.7. The van der Waals surface area contributed by atoms with Crippen molar-refractivity contribution in [1.82, 2.24) is 4.98 Å². The van der Waals surface area contributed by atoms with E-state index in [2.05, 4.69) is 150 Å². The van der Waals surface area contributed by atoms with Gasteiger partial charge in [0.25, 0.3) is 0 Å². The van der Waals surface area contributed by atoms with Crippen molar-refractivity contribution in [2.24, 2.45) is 0 Å². The van der Waals surface area contributed by atoms with Crippen LogP contribution in [0.1, 0.15) is 0 Å². The lowest BCUT2D eigenvalue weighted by atomic mass is 9.99. The highest BCUT2D eigenvalue weighted by Gasteiger charge is 2.21. The molecule has 2 aromatic heterocycles. The van der Waals surface area contributed by atoms with E-state index in [0.29, 0.717) is 5.89 Å². The van der Waals surface area contributed by atoms with Crippen LogP contribution in [0, 0.1) is 0 Å². The average Bonchev–Trinajstić information content (AvgIpc) is 3.84. The van der Waals surface area contributed by atoms with E-state index in [1.807, 2.05) is 48.5 Å². The normalized spacial score (nSPS) is 11.4. The smallest absolute Gasteiger partial charge is 0.227 e. The van der Waals surface area contributed by atoms with Crippen LogP contribution in [0.15, 0.2) is 203 Å². The second-order valence-electron chi connectivity index (χ2n) is 13.2. The standard InChI is InChI=1S/C49H32N2O2/c1-4-12-33(13-5-1)34-20-22-35(23-21-34)36-24-26-39(27-25-36)51(44-19-11-10-18-41(44)37-14-6-2-7-15-37)40-28-29-42-46(32-40)52-45-31-30-43-48(47(42)45)53-49(50-43)38-16-8-3-9-17-38/h1-32H.